The molecule has 0 atom stereocenters. The summed E-state index contributed by atoms with van der Waals surface area (Å²) < 4.78 is 175. The van der Waals surface area contributed by atoms with Crippen LogP contribution in [0.25, 0.3) is 44.5 Å². The van der Waals surface area contributed by atoms with E-state index < -0.39 is 103 Å². The summed E-state index contributed by atoms with van der Waals surface area (Å²) in [6, 6.07) is 20.4. The predicted molar refractivity (Wildman–Crippen MR) is 282 cm³/mol. The fraction of sp³-hybridized carbons (Fsp3) is 0.143. The van der Waals surface area contributed by atoms with Crippen molar-refractivity contribution in [3.05, 3.63) is 218 Å². The maximum Gasteiger partial charge on any atom is 0.252 e. The highest BCUT2D eigenvalue weighted by atomic mass is 15.2. The van der Waals surface area contributed by atoms with Crippen LogP contribution in [0.5, 0.6) is 0 Å². The van der Waals surface area contributed by atoms with E-state index in [1.54, 1.807) is 36.4 Å². The van der Waals surface area contributed by atoms with Crippen molar-refractivity contribution in [2.24, 2.45) is 11.8 Å². The van der Waals surface area contributed by atoms with Crippen molar-refractivity contribution in [2.75, 3.05) is 14.7 Å². The summed E-state index contributed by atoms with van der Waals surface area (Å²) in [6.07, 6.45) is 5.31. The standard InChI is InChI=1S/C63H50BN3/c1-5-13-44(14-6-1)48-21-27-52(28-22-48)66-59-31-25-50(46-17-9-3-10-18-46)38-57(59)64-58-39-51(47-19-11-4-12-20-47)26-32-60(58)67(53-29-23-49(24-30-53)45-15-7-2-8-16-45)62-41-56(40-61(66)63(62)64)65-54-34-42-33-43(36-54)37-55(65)35-42/h1-32,38-43,54-55H,33-37H2/i1D,2D,3D,4D,5D,6D,7D,8D,9D,10D,11D,12D,13D,14D,15D,16D,17D,18D,19D,20D. The van der Waals surface area contributed by atoms with E-state index in [1.165, 1.54) is 6.42 Å². The Balaban J connectivity index is 1.08. The van der Waals surface area contributed by atoms with E-state index in [-0.39, 0.29) is 58.5 Å². The Labute approximate surface area is 422 Å². The molecule has 0 N–H and O–H groups in total. The summed E-state index contributed by atoms with van der Waals surface area (Å²) in [7, 11) is 0. The number of piperidine rings is 2. The zero-order valence-electron chi connectivity index (χ0n) is 56.0. The Morgan fingerprint density at radius 3 is 1.09 bits per heavy atom. The van der Waals surface area contributed by atoms with Crippen LogP contribution in [-0.4, -0.2) is 18.8 Å². The third kappa shape index (κ3) is 6.41. The highest BCUT2D eigenvalue weighted by Gasteiger charge is 2.49. The first-order valence-electron chi connectivity index (χ1n) is 32.8. The van der Waals surface area contributed by atoms with Crippen molar-refractivity contribution in [1.29, 1.82) is 0 Å². The van der Waals surface area contributed by atoms with Crippen LogP contribution in [0, 0.1) is 11.8 Å². The van der Waals surface area contributed by atoms with Gasteiger partial charge in [-0.1, -0.05) is 169 Å². The van der Waals surface area contributed by atoms with E-state index in [2.05, 4.69) is 26.8 Å². The average molecular weight is 880 g/mol. The first-order chi connectivity index (χ1) is 41.5. The molecule has 4 bridgehead atoms. The minimum absolute atomic E-state index is 0.0174. The van der Waals surface area contributed by atoms with Gasteiger partial charge in [0.05, 0.1) is 27.4 Å². The van der Waals surface area contributed by atoms with Crippen LogP contribution >= 0.6 is 0 Å². The van der Waals surface area contributed by atoms with E-state index in [0.29, 0.717) is 79.1 Å². The van der Waals surface area contributed by atoms with Gasteiger partial charge in [-0.25, -0.2) is 0 Å². The average Bonchev–Trinajstić information content (AvgIpc) is 0.784. The molecular formula is C63H50BN3. The Hall–Kier alpha value is -7.56. The monoisotopic (exact) mass is 880 g/mol. The molecule has 2 saturated heterocycles. The highest BCUT2D eigenvalue weighted by Crippen LogP contribution is 2.53. The number of fused-ring (bicyclic) bond motifs is 4. The molecule has 2 aliphatic carbocycles. The molecule has 0 spiro atoms. The Morgan fingerprint density at radius 1 is 0.343 bits per heavy atom. The zero-order chi connectivity index (χ0) is 61.4. The lowest BCUT2D eigenvalue weighted by Gasteiger charge is -2.58. The van der Waals surface area contributed by atoms with Gasteiger partial charge in [-0.05, 0) is 153 Å². The van der Waals surface area contributed by atoms with Gasteiger partial charge in [0.15, 0.2) is 0 Å². The summed E-state index contributed by atoms with van der Waals surface area (Å²) in [5, 5.41) is 0. The van der Waals surface area contributed by atoms with E-state index >= 15 is 0 Å². The molecule has 320 valence electrons. The normalized spacial score (nSPS) is 23.7. The molecule has 0 unspecified atom stereocenters. The van der Waals surface area contributed by atoms with Crippen molar-refractivity contribution >= 4 is 62.9 Å². The van der Waals surface area contributed by atoms with E-state index in [0.717, 1.165) is 36.8 Å². The van der Waals surface area contributed by atoms with Crippen molar-refractivity contribution < 1.29 is 27.4 Å². The number of hydrogen-bond acceptors (Lipinski definition) is 3. The van der Waals surface area contributed by atoms with Gasteiger partial charge < -0.3 is 14.7 Å². The van der Waals surface area contributed by atoms with Gasteiger partial charge in [-0.2, -0.15) is 0 Å². The quantitative estimate of drug-likeness (QED) is 0.148. The van der Waals surface area contributed by atoms with Crippen LogP contribution in [0.15, 0.2) is 218 Å². The molecule has 4 aliphatic heterocycles. The number of nitrogens with zero attached hydrogens (tertiary/aromatic N) is 3. The first kappa shape index (κ1) is 23.8. The van der Waals surface area contributed by atoms with Gasteiger partial charge >= 0.3 is 0 Å². The number of rotatable bonds is 7. The third-order valence-corrected chi connectivity index (χ3v) is 14.6. The number of benzene rings is 9. The van der Waals surface area contributed by atoms with Crippen LogP contribution in [0.2, 0.25) is 0 Å². The third-order valence-electron chi connectivity index (χ3n) is 14.6. The zero-order valence-corrected chi connectivity index (χ0v) is 36.0. The Bertz CT molecular complexity index is 4120. The van der Waals surface area contributed by atoms with Gasteiger partial charge in [0.2, 0.25) is 0 Å². The molecule has 0 amide bonds. The highest BCUT2D eigenvalue weighted by molar-refractivity contribution is 7.00. The lowest BCUT2D eigenvalue weighted by molar-refractivity contribution is 0.0900. The fourth-order valence-electron chi connectivity index (χ4n) is 12.1. The maximum absolute atomic E-state index is 9.19. The van der Waals surface area contributed by atoms with Crippen molar-refractivity contribution in [1.82, 2.24) is 0 Å². The second-order valence-corrected chi connectivity index (χ2v) is 18.3. The second-order valence-electron chi connectivity index (χ2n) is 18.3. The van der Waals surface area contributed by atoms with Crippen LogP contribution in [0.4, 0.5) is 39.8 Å². The molecular weight excluding hydrogens is 810 g/mol. The molecule has 9 aromatic rings. The van der Waals surface area contributed by atoms with Crippen LogP contribution in [0.3, 0.4) is 0 Å². The largest absolute Gasteiger partial charge is 0.365 e. The minimum Gasteiger partial charge on any atom is -0.365 e. The number of anilines is 7. The molecule has 0 aromatic heterocycles. The van der Waals surface area contributed by atoms with Gasteiger partial charge in [0.25, 0.3) is 6.71 Å². The predicted octanol–water partition coefficient (Wildman–Crippen LogP) is 14.2. The van der Waals surface area contributed by atoms with Gasteiger partial charge in [-0.15, -0.1) is 0 Å². The molecule has 0 radical (unpaired) electrons. The SMILES string of the molecule is [2H]c1c([2H])c([2H])c(-c2ccc(N3c4ccc(-c5c([2H])c([2H])c([2H])c([2H])c5[2H])cc4B4c5cc(-c6c([2H])c([2H])c([2H])c([2H])c6[2H])ccc5N(c5ccc(-c6c([2H])c([2H])c([2H])c([2H])c6[2H])cc5)c5cc(N6C7CC8CC(C7)CC6C8)cc3c54)cc2)c([2H])c1[2H]. The second kappa shape index (κ2) is 15.5. The smallest absolute Gasteiger partial charge is 0.252 e. The van der Waals surface area contributed by atoms with Crippen LogP contribution in [-0.2, 0) is 0 Å². The van der Waals surface area contributed by atoms with Gasteiger partial charge in [0.1, 0.15) is 0 Å². The maximum atomic E-state index is 9.19. The molecule has 15 rings (SSSR count). The Morgan fingerprint density at radius 2 is 0.701 bits per heavy atom. The summed E-state index contributed by atoms with van der Waals surface area (Å²) in [4.78, 5) is 6.73. The first-order valence-corrected chi connectivity index (χ1v) is 22.8. The van der Waals surface area contributed by atoms with E-state index in [1.807, 2.05) is 48.5 Å². The fourth-order valence-corrected chi connectivity index (χ4v) is 12.1. The molecule has 4 fully saturated rings. The molecule has 4 heterocycles. The molecule has 3 nitrogen and oxygen atoms in total. The Kier molecular flexibility index (Phi) is 5.51. The van der Waals surface area contributed by atoms with Crippen LogP contribution in [0.1, 0.15) is 59.5 Å². The van der Waals surface area contributed by atoms with Gasteiger partial charge in [0, 0.05) is 51.9 Å². The molecule has 6 aliphatic rings. The molecule has 67 heavy (non-hydrogen) atoms. The minimum atomic E-state index is -0.791. The molecule has 4 heteroatoms. The summed E-state index contributed by atoms with van der Waals surface area (Å²) in [5.41, 5.74) is 7.97. The topological polar surface area (TPSA) is 9.72 Å². The van der Waals surface area contributed by atoms with E-state index in [4.69, 9.17) is 21.9 Å². The van der Waals surface area contributed by atoms with Crippen molar-refractivity contribution in [2.45, 2.75) is 44.2 Å². The molecule has 9 aromatic carbocycles. The summed E-state index contributed by atoms with van der Waals surface area (Å²) >= 11 is 0. The lowest BCUT2D eigenvalue weighted by Crippen LogP contribution is -2.62. The summed E-state index contributed by atoms with van der Waals surface area (Å²) in [5.74, 6) is 1.21. The summed E-state index contributed by atoms with van der Waals surface area (Å²) in [6.45, 7) is -0.791. The number of hydrogen-bond donors (Lipinski definition) is 0. The van der Waals surface area contributed by atoms with E-state index in [9.17, 15) is 5.48 Å². The van der Waals surface area contributed by atoms with Crippen molar-refractivity contribution in [3.63, 3.8) is 0 Å². The lowest BCUT2D eigenvalue weighted by atomic mass is 9.33. The molecule has 2 saturated carbocycles. The van der Waals surface area contributed by atoms with Gasteiger partial charge in [-0.3, -0.25) is 0 Å². The van der Waals surface area contributed by atoms with Crippen LogP contribution < -0.4 is 31.1 Å². The van der Waals surface area contributed by atoms with Crippen molar-refractivity contribution in [3.8, 4) is 44.5 Å².